The second kappa shape index (κ2) is 8.38. The molecule has 5 fully saturated rings. The van der Waals surface area contributed by atoms with Crippen molar-refractivity contribution in [3.05, 3.63) is 12.2 Å². The quantitative estimate of drug-likeness (QED) is 0.525. The second-order valence-corrected chi connectivity index (χ2v) is 11.8. The van der Waals surface area contributed by atoms with E-state index in [4.69, 9.17) is 4.74 Å². The molecule has 0 spiro atoms. The number of ether oxygens (including phenoxy) is 1. The van der Waals surface area contributed by atoms with E-state index >= 15 is 0 Å². The average Bonchev–Trinajstić information content (AvgIpc) is 3.09. The Hall–Kier alpha value is -1.49. The van der Waals surface area contributed by atoms with Gasteiger partial charge in [-0.3, -0.25) is 14.4 Å². The maximum Gasteiger partial charge on any atom is 0.293 e. The molecule has 3 unspecified atom stereocenters. The molecule has 0 aromatic carbocycles. The Morgan fingerprint density at radius 1 is 0.969 bits per heavy atom. The monoisotopic (exact) mass is 441 g/mol. The SMILES string of the molecule is C[C@]12C(OC=O)CC(C=CC3CCNCC3)CC1C(=O)C[C@@H]1[C@H]2CC[C@]2(C)C(=O)CC[C@@H]12. The minimum Gasteiger partial charge on any atom is -0.464 e. The van der Waals surface area contributed by atoms with Crippen molar-refractivity contribution in [3.63, 3.8) is 0 Å². The minimum absolute atomic E-state index is 0.0495. The van der Waals surface area contributed by atoms with E-state index in [2.05, 4.69) is 31.3 Å². The second-order valence-electron chi connectivity index (χ2n) is 11.8. The fourth-order valence-corrected chi connectivity index (χ4v) is 8.65. The molecule has 0 aromatic heterocycles. The summed E-state index contributed by atoms with van der Waals surface area (Å²) in [6.07, 6.45) is 12.6. The van der Waals surface area contributed by atoms with Crippen LogP contribution in [0.25, 0.3) is 0 Å². The number of hydrogen-bond donors (Lipinski definition) is 1. The van der Waals surface area contributed by atoms with Gasteiger partial charge in [-0.1, -0.05) is 26.0 Å². The lowest BCUT2D eigenvalue weighted by Crippen LogP contribution is -2.61. The summed E-state index contributed by atoms with van der Waals surface area (Å²) in [6.45, 7) is 7.12. The molecule has 5 rings (SSSR count). The van der Waals surface area contributed by atoms with Crippen molar-refractivity contribution in [3.8, 4) is 0 Å². The molecule has 5 heteroatoms. The molecule has 0 bridgehead atoms. The number of piperidine rings is 1. The molecule has 0 amide bonds. The summed E-state index contributed by atoms with van der Waals surface area (Å²) in [4.78, 5) is 37.8. The number of ketones is 2. The molecular weight excluding hydrogens is 402 g/mol. The topological polar surface area (TPSA) is 72.5 Å². The summed E-state index contributed by atoms with van der Waals surface area (Å²) in [6, 6.07) is 0. The molecular formula is C27H39NO4. The molecule has 32 heavy (non-hydrogen) atoms. The highest BCUT2D eigenvalue weighted by atomic mass is 16.5. The molecule has 1 heterocycles. The number of fused-ring (bicyclic) bond motifs is 5. The van der Waals surface area contributed by atoms with Gasteiger partial charge < -0.3 is 10.1 Å². The highest BCUT2D eigenvalue weighted by molar-refractivity contribution is 5.88. The van der Waals surface area contributed by atoms with Gasteiger partial charge in [-0.2, -0.15) is 0 Å². The number of allylic oxidation sites excluding steroid dienone is 2. The Kier molecular flexibility index (Phi) is 5.84. The maximum absolute atomic E-state index is 13.6. The number of rotatable bonds is 4. The summed E-state index contributed by atoms with van der Waals surface area (Å²) < 4.78 is 5.79. The van der Waals surface area contributed by atoms with E-state index in [1.807, 2.05) is 0 Å². The van der Waals surface area contributed by atoms with Crippen molar-refractivity contribution < 1.29 is 19.1 Å². The van der Waals surface area contributed by atoms with Gasteiger partial charge in [0.25, 0.3) is 6.47 Å². The molecule has 1 aliphatic heterocycles. The largest absolute Gasteiger partial charge is 0.464 e. The smallest absolute Gasteiger partial charge is 0.293 e. The number of carbonyl (C=O) groups is 3. The normalized spacial score (nSPS) is 47.1. The van der Waals surface area contributed by atoms with Crippen LogP contribution < -0.4 is 5.32 Å². The molecule has 5 aliphatic rings. The third kappa shape index (κ3) is 3.41. The first-order valence-corrected chi connectivity index (χ1v) is 12.9. The van der Waals surface area contributed by atoms with E-state index in [1.54, 1.807) is 0 Å². The molecule has 4 saturated carbocycles. The van der Waals surface area contributed by atoms with Gasteiger partial charge in [-0.05, 0) is 87.6 Å². The van der Waals surface area contributed by atoms with E-state index in [-0.39, 0.29) is 34.7 Å². The van der Waals surface area contributed by atoms with Crippen LogP contribution in [0.5, 0.6) is 0 Å². The number of nitrogens with one attached hydrogen (secondary N) is 1. The van der Waals surface area contributed by atoms with Gasteiger partial charge in [0.15, 0.2) is 0 Å². The Balaban J connectivity index is 1.41. The van der Waals surface area contributed by atoms with Gasteiger partial charge in [0, 0.05) is 29.6 Å². The Morgan fingerprint density at radius 2 is 1.72 bits per heavy atom. The first kappa shape index (κ1) is 22.3. The minimum atomic E-state index is -0.313. The van der Waals surface area contributed by atoms with Gasteiger partial charge in [0.05, 0.1) is 0 Å². The first-order valence-electron chi connectivity index (χ1n) is 12.9. The number of hydrogen-bond acceptors (Lipinski definition) is 5. The summed E-state index contributed by atoms with van der Waals surface area (Å²) in [5, 5.41) is 3.41. The molecule has 0 radical (unpaired) electrons. The van der Waals surface area contributed by atoms with Gasteiger partial charge in [0.2, 0.25) is 0 Å². The third-order valence-electron chi connectivity index (χ3n) is 10.5. The van der Waals surface area contributed by atoms with Crippen LogP contribution in [0, 0.1) is 46.3 Å². The molecule has 176 valence electrons. The van der Waals surface area contributed by atoms with Crippen molar-refractivity contribution >= 4 is 18.0 Å². The molecule has 1 saturated heterocycles. The first-order chi connectivity index (χ1) is 15.4. The van der Waals surface area contributed by atoms with Crippen LogP contribution >= 0.6 is 0 Å². The van der Waals surface area contributed by atoms with Crippen LogP contribution in [0.1, 0.15) is 71.6 Å². The van der Waals surface area contributed by atoms with Gasteiger partial charge in [0.1, 0.15) is 17.7 Å². The maximum atomic E-state index is 13.6. The van der Waals surface area contributed by atoms with Crippen molar-refractivity contribution in [2.24, 2.45) is 46.3 Å². The number of carbonyl (C=O) groups excluding carboxylic acids is 3. The standard InChI is InChI=1S/C27H39NO4/c1-26-10-7-21-19(20(26)5-6-24(26)31)15-23(30)22-13-18(4-3-17-8-11-28-12-9-17)14-25(32-16-29)27(21,22)2/h3-4,16-22,25,28H,5-15H2,1-2H3/t18?,19-,20-,21+,22?,25?,26-,27+/m0/s1. The van der Waals surface area contributed by atoms with Crippen LogP contribution in [0.2, 0.25) is 0 Å². The van der Waals surface area contributed by atoms with E-state index in [0.29, 0.717) is 48.6 Å². The lowest BCUT2D eigenvalue weighted by atomic mass is 9.43. The summed E-state index contributed by atoms with van der Waals surface area (Å²) >= 11 is 0. The highest BCUT2D eigenvalue weighted by Crippen LogP contribution is 2.65. The average molecular weight is 442 g/mol. The number of Topliss-reactive ketones (excluding diaryl/α,β-unsaturated/α-hetero) is 2. The van der Waals surface area contributed by atoms with Crippen LogP contribution in [-0.4, -0.2) is 37.2 Å². The summed E-state index contributed by atoms with van der Waals surface area (Å²) in [5.41, 5.74) is -0.562. The lowest BCUT2D eigenvalue weighted by Gasteiger charge is -2.61. The van der Waals surface area contributed by atoms with Gasteiger partial charge in [-0.15, -0.1) is 0 Å². The Morgan fingerprint density at radius 3 is 2.47 bits per heavy atom. The van der Waals surface area contributed by atoms with E-state index in [0.717, 1.165) is 45.2 Å². The van der Waals surface area contributed by atoms with Crippen LogP contribution in [-0.2, 0) is 19.1 Å². The van der Waals surface area contributed by atoms with Gasteiger partial charge >= 0.3 is 0 Å². The van der Waals surface area contributed by atoms with E-state index < -0.39 is 0 Å². The third-order valence-corrected chi connectivity index (χ3v) is 10.5. The summed E-state index contributed by atoms with van der Waals surface area (Å²) in [7, 11) is 0. The summed E-state index contributed by atoms with van der Waals surface area (Å²) in [5.74, 6) is 2.51. The van der Waals surface area contributed by atoms with Crippen LogP contribution in [0.3, 0.4) is 0 Å². The molecule has 4 aliphatic carbocycles. The Labute approximate surface area is 192 Å². The highest BCUT2D eigenvalue weighted by Gasteiger charge is 2.65. The van der Waals surface area contributed by atoms with Crippen LogP contribution in [0.4, 0.5) is 0 Å². The van der Waals surface area contributed by atoms with Crippen molar-refractivity contribution in [1.82, 2.24) is 5.32 Å². The van der Waals surface area contributed by atoms with Crippen molar-refractivity contribution in [2.45, 2.75) is 77.7 Å². The van der Waals surface area contributed by atoms with Crippen LogP contribution in [0.15, 0.2) is 12.2 Å². The van der Waals surface area contributed by atoms with Crippen molar-refractivity contribution in [1.29, 1.82) is 0 Å². The fraction of sp³-hybridized carbons (Fsp3) is 0.815. The predicted molar refractivity (Wildman–Crippen MR) is 122 cm³/mol. The van der Waals surface area contributed by atoms with Gasteiger partial charge in [-0.25, -0.2) is 0 Å². The zero-order chi connectivity index (χ0) is 22.5. The molecule has 8 atom stereocenters. The Bertz CT molecular complexity index is 801. The zero-order valence-electron chi connectivity index (χ0n) is 19.7. The van der Waals surface area contributed by atoms with E-state index in [1.165, 1.54) is 12.8 Å². The fourth-order valence-electron chi connectivity index (χ4n) is 8.65. The molecule has 5 nitrogen and oxygen atoms in total. The molecule has 1 N–H and O–H groups in total. The van der Waals surface area contributed by atoms with E-state index in [9.17, 15) is 14.4 Å². The molecule has 0 aromatic rings. The van der Waals surface area contributed by atoms with Crippen molar-refractivity contribution in [2.75, 3.05) is 13.1 Å². The zero-order valence-corrected chi connectivity index (χ0v) is 19.7. The lowest BCUT2D eigenvalue weighted by molar-refractivity contribution is -0.188. The predicted octanol–water partition coefficient (Wildman–Crippen LogP) is 4.10.